The normalized spacial score (nSPS) is 10.2. The molecule has 0 atom stereocenters. The van der Waals surface area contributed by atoms with Crippen molar-refractivity contribution in [3.63, 3.8) is 0 Å². The minimum Gasteiger partial charge on any atom is -0.476 e. The highest BCUT2D eigenvalue weighted by Gasteiger charge is 2.12. The molecule has 0 bridgehead atoms. The first-order valence-corrected chi connectivity index (χ1v) is 4.72. The molecule has 4 heteroatoms. The van der Waals surface area contributed by atoms with E-state index in [1.165, 1.54) is 11.3 Å². The molecule has 0 aliphatic heterocycles. The summed E-state index contributed by atoms with van der Waals surface area (Å²) in [5.41, 5.74) is 0.930. The van der Waals surface area contributed by atoms with Crippen molar-refractivity contribution in [2.75, 3.05) is 0 Å². The minimum absolute atomic E-state index is 0.212. The van der Waals surface area contributed by atoms with Crippen LogP contribution >= 0.6 is 11.3 Å². The molecule has 0 aromatic carbocycles. The third kappa shape index (κ3) is 1.64. The second-order valence-corrected chi connectivity index (χ2v) is 3.48. The van der Waals surface area contributed by atoms with Crippen molar-refractivity contribution in [1.29, 1.82) is 0 Å². The van der Waals surface area contributed by atoms with Crippen molar-refractivity contribution < 1.29 is 9.90 Å². The van der Waals surface area contributed by atoms with E-state index in [0.29, 0.717) is 0 Å². The van der Waals surface area contributed by atoms with Crippen LogP contribution in [0, 0.1) is 0 Å². The van der Waals surface area contributed by atoms with Gasteiger partial charge >= 0.3 is 5.97 Å². The van der Waals surface area contributed by atoms with Gasteiger partial charge in [-0.2, -0.15) is 0 Å². The lowest BCUT2D eigenvalue weighted by Crippen LogP contribution is -1.94. The van der Waals surface area contributed by atoms with Gasteiger partial charge in [-0.15, -0.1) is 11.3 Å². The number of aromatic nitrogens is 1. The molecule has 1 aromatic heterocycles. The monoisotopic (exact) mass is 185 g/mol. The second-order valence-electron chi connectivity index (χ2n) is 2.40. The van der Waals surface area contributed by atoms with Crippen LogP contribution in [0.5, 0.6) is 0 Å². The number of carbonyl (C=O) groups is 1. The van der Waals surface area contributed by atoms with Gasteiger partial charge in [0, 0.05) is 4.88 Å². The molecule has 0 saturated heterocycles. The van der Waals surface area contributed by atoms with E-state index in [4.69, 9.17) is 5.11 Å². The number of nitrogens with zero attached hydrogens (tertiary/aromatic N) is 1. The van der Waals surface area contributed by atoms with Gasteiger partial charge in [0.05, 0.1) is 5.69 Å². The first kappa shape index (κ1) is 9.19. The topological polar surface area (TPSA) is 50.2 Å². The zero-order valence-electron chi connectivity index (χ0n) is 7.13. The molecule has 0 aliphatic carbocycles. The van der Waals surface area contributed by atoms with Crippen LogP contribution in [-0.4, -0.2) is 16.1 Å². The van der Waals surface area contributed by atoms with E-state index in [1.807, 2.05) is 13.8 Å². The van der Waals surface area contributed by atoms with Gasteiger partial charge in [0.15, 0.2) is 0 Å². The summed E-state index contributed by atoms with van der Waals surface area (Å²) in [4.78, 5) is 15.7. The molecule has 0 radical (unpaired) electrons. The SMILES string of the molecule is CCc1nc(C(=O)O)sc1CC. The van der Waals surface area contributed by atoms with Crippen LogP contribution in [0.1, 0.15) is 34.2 Å². The van der Waals surface area contributed by atoms with Crippen molar-refractivity contribution in [3.05, 3.63) is 15.6 Å². The zero-order chi connectivity index (χ0) is 9.14. The van der Waals surface area contributed by atoms with Gasteiger partial charge in [-0.25, -0.2) is 9.78 Å². The van der Waals surface area contributed by atoms with Crippen LogP contribution in [0.3, 0.4) is 0 Å². The molecule has 0 saturated carbocycles. The van der Waals surface area contributed by atoms with E-state index >= 15 is 0 Å². The van der Waals surface area contributed by atoms with Gasteiger partial charge in [0.2, 0.25) is 5.01 Å². The van der Waals surface area contributed by atoms with Gasteiger partial charge in [-0.3, -0.25) is 0 Å². The Bertz CT molecular complexity index is 272. The summed E-state index contributed by atoms with van der Waals surface area (Å²) in [6.07, 6.45) is 1.68. The fraction of sp³-hybridized carbons (Fsp3) is 0.500. The predicted molar refractivity (Wildman–Crippen MR) is 47.8 cm³/mol. The number of rotatable bonds is 3. The first-order valence-electron chi connectivity index (χ1n) is 3.90. The highest BCUT2D eigenvalue weighted by molar-refractivity contribution is 7.13. The van der Waals surface area contributed by atoms with E-state index in [0.717, 1.165) is 23.4 Å². The summed E-state index contributed by atoms with van der Waals surface area (Å²) in [7, 11) is 0. The molecule has 66 valence electrons. The summed E-state index contributed by atoms with van der Waals surface area (Å²) < 4.78 is 0. The van der Waals surface area contributed by atoms with Crippen LogP contribution in [0.2, 0.25) is 0 Å². The standard InChI is InChI=1S/C8H11NO2S/c1-3-5-6(4-2)12-7(9-5)8(10)11/h3-4H2,1-2H3,(H,10,11). The molecule has 12 heavy (non-hydrogen) atoms. The molecule has 1 heterocycles. The number of aromatic carboxylic acids is 1. The summed E-state index contributed by atoms with van der Waals surface area (Å²) in [5.74, 6) is -0.922. The van der Waals surface area contributed by atoms with Gasteiger partial charge < -0.3 is 5.11 Å². The maximum absolute atomic E-state index is 10.5. The van der Waals surface area contributed by atoms with Crippen molar-refractivity contribution in [2.24, 2.45) is 0 Å². The molecule has 0 amide bonds. The second kappa shape index (κ2) is 3.67. The number of carboxylic acid groups (broad SMARTS) is 1. The Labute approximate surface area is 75.1 Å². The van der Waals surface area contributed by atoms with E-state index in [2.05, 4.69) is 4.98 Å². The molecule has 0 fully saturated rings. The molecule has 0 unspecified atom stereocenters. The Morgan fingerprint density at radius 2 is 2.17 bits per heavy atom. The summed E-state index contributed by atoms with van der Waals surface area (Å²) in [6.45, 7) is 4.00. The highest BCUT2D eigenvalue weighted by atomic mass is 32.1. The Hall–Kier alpha value is -0.900. The molecule has 0 aliphatic rings. The average Bonchev–Trinajstić information content (AvgIpc) is 2.46. The van der Waals surface area contributed by atoms with E-state index < -0.39 is 5.97 Å². The van der Waals surface area contributed by atoms with Crippen LogP contribution in [-0.2, 0) is 12.8 Å². The lowest BCUT2D eigenvalue weighted by molar-refractivity contribution is 0.0696. The van der Waals surface area contributed by atoms with Crippen molar-refractivity contribution >= 4 is 17.3 Å². The molecule has 1 rings (SSSR count). The van der Waals surface area contributed by atoms with Crippen molar-refractivity contribution in [2.45, 2.75) is 26.7 Å². The van der Waals surface area contributed by atoms with E-state index in [1.54, 1.807) is 0 Å². The van der Waals surface area contributed by atoms with Crippen LogP contribution in [0.4, 0.5) is 0 Å². The lowest BCUT2D eigenvalue weighted by atomic mass is 10.2. The first-order chi connectivity index (χ1) is 5.69. The number of hydrogen-bond acceptors (Lipinski definition) is 3. The van der Waals surface area contributed by atoms with Crippen molar-refractivity contribution in [1.82, 2.24) is 4.98 Å². The number of carboxylic acids is 1. The Morgan fingerprint density at radius 3 is 2.50 bits per heavy atom. The molecule has 1 N–H and O–H groups in total. The molecular formula is C8H11NO2S. The number of thiazole rings is 1. The lowest BCUT2D eigenvalue weighted by Gasteiger charge is -1.90. The maximum atomic E-state index is 10.5. The summed E-state index contributed by atoms with van der Waals surface area (Å²) in [6, 6.07) is 0. The van der Waals surface area contributed by atoms with Crippen molar-refractivity contribution in [3.8, 4) is 0 Å². The Kier molecular flexibility index (Phi) is 2.81. The minimum atomic E-state index is -0.922. The quantitative estimate of drug-likeness (QED) is 0.783. The van der Waals surface area contributed by atoms with Gasteiger partial charge in [-0.1, -0.05) is 13.8 Å². The number of hydrogen-bond donors (Lipinski definition) is 1. The smallest absolute Gasteiger partial charge is 0.365 e. The van der Waals surface area contributed by atoms with Gasteiger partial charge in [-0.05, 0) is 12.8 Å². The van der Waals surface area contributed by atoms with Crippen LogP contribution in [0.25, 0.3) is 0 Å². The summed E-state index contributed by atoms with van der Waals surface area (Å²) in [5, 5.41) is 8.87. The fourth-order valence-corrected chi connectivity index (χ4v) is 1.96. The third-order valence-corrected chi connectivity index (χ3v) is 2.85. The molecule has 0 spiro atoms. The summed E-state index contributed by atoms with van der Waals surface area (Å²) >= 11 is 1.28. The predicted octanol–water partition coefficient (Wildman–Crippen LogP) is 1.97. The zero-order valence-corrected chi connectivity index (χ0v) is 7.94. The number of aryl methyl sites for hydroxylation is 2. The van der Waals surface area contributed by atoms with E-state index in [-0.39, 0.29) is 5.01 Å². The van der Waals surface area contributed by atoms with E-state index in [9.17, 15) is 4.79 Å². The Balaban J connectivity index is 3.05. The average molecular weight is 185 g/mol. The fourth-order valence-electron chi connectivity index (χ4n) is 1.03. The van der Waals surface area contributed by atoms with Gasteiger partial charge in [0.1, 0.15) is 0 Å². The van der Waals surface area contributed by atoms with Gasteiger partial charge in [0.25, 0.3) is 0 Å². The van der Waals surface area contributed by atoms with Crippen LogP contribution < -0.4 is 0 Å². The largest absolute Gasteiger partial charge is 0.476 e. The highest BCUT2D eigenvalue weighted by Crippen LogP contribution is 2.19. The Morgan fingerprint density at radius 1 is 1.50 bits per heavy atom. The molecule has 3 nitrogen and oxygen atoms in total. The molecular weight excluding hydrogens is 174 g/mol. The third-order valence-electron chi connectivity index (χ3n) is 1.62. The van der Waals surface area contributed by atoms with Crippen LogP contribution in [0.15, 0.2) is 0 Å². The maximum Gasteiger partial charge on any atom is 0.365 e. The molecule has 1 aromatic rings.